The lowest BCUT2D eigenvalue weighted by Crippen LogP contribution is -2.36. The highest BCUT2D eigenvalue weighted by Crippen LogP contribution is 2.34. The van der Waals surface area contributed by atoms with Gasteiger partial charge in [0.05, 0.1) is 18.8 Å². The van der Waals surface area contributed by atoms with Crippen LogP contribution in [0.1, 0.15) is 21.5 Å². The Bertz CT molecular complexity index is 1500. The van der Waals surface area contributed by atoms with E-state index in [0.29, 0.717) is 60.9 Å². The average Bonchev–Trinajstić information content (AvgIpc) is 3.38. The van der Waals surface area contributed by atoms with Crippen LogP contribution in [0.2, 0.25) is 0 Å². The number of carbonyl (C=O) groups excluding carboxylic acids is 1. The second-order valence-corrected chi connectivity index (χ2v) is 8.90. The van der Waals surface area contributed by atoms with E-state index in [1.165, 1.54) is 12.4 Å². The fourth-order valence-corrected chi connectivity index (χ4v) is 4.14. The monoisotopic (exact) mass is 538 g/mol. The molecular weight excluding hydrogens is 513 g/mol. The van der Waals surface area contributed by atoms with Gasteiger partial charge in [0.25, 0.3) is 5.91 Å². The van der Waals surface area contributed by atoms with Gasteiger partial charge in [-0.2, -0.15) is 13.2 Å². The molecular formula is C26H25F3N8O2. The molecule has 3 heterocycles. The Kier molecular flexibility index (Phi) is 7.07. The number of hydrogen-bond donors (Lipinski definition) is 3. The van der Waals surface area contributed by atoms with Gasteiger partial charge in [0.2, 0.25) is 5.95 Å². The van der Waals surface area contributed by atoms with Crippen molar-refractivity contribution in [2.75, 3.05) is 47.6 Å². The minimum absolute atomic E-state index is 0.0988. The Labute approximate surface area is 221 Å². The molecule has 0 unspecified atom stereocenters. The fourth-order valence-electron chi connectivity index (χ4n) is 4.14. The maximum Gasteiger partial charge on any atom is 0.416 e. The number of nitrogen functional groups attached to an aromatic ring is 1. The number of amides is 1. The molecule has 0 bridgehead atoms. The Hall–Kier alpha value is -4.65. The average molecular weight is 539 g/mol. The van der Waals surface area contributed by atoms with Crippen molar-refractivity contribution in [1.29, 1.82) is 0 Å². The van der Waals surface area contributed by atoms with Crippen LogP contribution in [0.3, 0.4) is 0 Å². The van der Waals surface area contributed by atoms with Crippen LogP contribution in [-0.4, -0.2) is 51.7 Å². The number of nitrogens with zero attached hydrogens (tertiary/aromatic N) is 5. The largest absolute Gasteiger partial charge is 0.416 e. The van der Waals surface area contributed by atoms with Crippen molar-refractivity contribution in [3.63, 3.8) is 0 Å². The summed E-state index contributed by atoms with van der Waals surface area (Å²) in [7, 11) is 0. The smallest absolute Gasteiger partial charge is 0.384 e. The van der Waals surface area contributed by atoms with E-state index in [9.17, 15) is 18.0 Å². The second kappa shape index (κ2) is 10.6. The zero-order valence-corrected chi connectivity index (χ0v) is 20.9. The first-order chi connectivity index (χ1) is 18.7. The number of rotatable bonds is 6. The lowest BCUT2D eigenvalue weighted by molar-refractivity contribution is -0.137. The Morgan fingerprint density at radius 1 is 1.05 bits per heavy atom. The molecule has 2 aromatic heterocycles. The summed E-state index contributed by atoms with van der Waals surface area (Å²) in [6.07, 6.45) is 0.0225. The Morgan fingerprint density at radius 2 is 1.85 bits per heavy atom. The minimum Gasteiger partial charge on any atom is -0.384 e. The van der Waals surface area contributed by atoms with Gasteiger partial charge in [-0.05, 0) is 42.8 Å². The van der Waals surface area contributed by atoms with E-state index in [1.807, 2.05) is 6.92 Å². The molecule has 1 amide bonds. The number of benzene rings is 2. The number of nitrogens with one attached hydrogen (secondary N) is 2. The topological polar surface area (TPSA) is 123 Å². The molecule has 202 valence electrons. The summed E-state index contributed by atoms with van der Waals surface area (Å²) in [4.78, 5) is 27.3. The Balaban J connectivity index is 1.40. The molecule has 1 aliphatic rings. The van der Waals surface area contributed by atoms with E-state index >= 15 is 0 Å². The van der Waals surface area contributed by atoms with Gasteiger partial charge in [-0.15, -0.1) is 0 Å². The number of aryl methyl sites for hydroxylation is 1. The molecule has 4 aromatic rings. The van der Waals surface area contributed by atoms with Crippen LogP contribution in [0.5, 0.6) is 0 Å². The Morgan fingerprint density at radius 3 is 2.59 bits per heavy atom. The molecule has 0 spiro atoms. The van der Waals surface area contributed by atoms with Crippen LogP contribution >= 0.6 is 0 Å². The third-order valence-corrected chi connectivity index (χ3v) is 6.19. The maximum absolute atomic E-state index is 13.7. The predicted octanol–water partition coefficient (Wildman–Crippen LogP) is 4.40. The number of ether oxygens (including phenoxy) is 1. The summed E-state index contributed by atoms with van der Waals surface area (Å²) in [6, 6.07) is 10.1. The number of imidazole rings is 1. The van der Waals surface area contributed by atoms with Crippen LogP contribution in [0.15, 0.2) is 61.2 Å². The third kappa shape index (κ3) is 5.93. The first kappa shape index (κ1) is 26.0. The summed E-state index contributed by atoms with van der Waals surface area (Å²) in [5, 5.41) is 5.92. The lowest BCUT2D eigenvalue weighted by atomic mass is 10.1. The highest BCUT2D eigenvalue weighted by atomic mass is 19.4. The molecule has 0 aliphatic carbocycles. The van der Waals surface area contributed by atoms with Crippen molar-refractivity contribution in [3.8, 4) is 5.82 Å². The summed E-state index contributed by atoms with van der Waals surface area (Å²) >= 11 is 0. The summed E-state index contributed by atoms with van der Waals surface area (Å²) in [6.45, 7) is 3.55. The van der Waals surface area contributed by atoms with Crippen molar-refractivity contribution >= 4 is 34.7 Å². The fraction of sp³-hybridized carbons (Fsp3) is 0.231. The summed E-state index contributed by atoms with van der Waals surface area (Å²) in [5.41, 5.74) is 6.97. The van der Waals surface area contributed by atoms with E-state index in [-0.39, 0.29) is 5.56 Å². The van der Waals surface area contributed by atoms with Gasteiger partial charge in [-0.1, -0.05) is 6.07 Å². The zero-order valence-electron chi connectivity index (χ0n) is 20.9. The van der Waals surface area contributed by atoms with E-state index < -0.39 is 17.6 Å². The van der Waals surface area contributed by atoms with Crippen LogP contribution in [-0.2, 0) is 10.9 Å². The normalized spacial score (nSPS) is 13.8. The van der Waals surface area contributed by atoms with Crippen molar-refractivity contribution in [1.82, 2.24) is 19.5 Å². The molecule has 0 atom stereocenters. The second-order valence-electron chi connectivity index (χ2n) is 8.90. The predicted molar refractivity (Wildman–Crippen MR) is 140 cm³/mol. The van der Waals surface area contributed by atoms with Crippen molar-refractivity contribution in [2.24, 2.45) is 0 Å². The molecule has 10 nitrogen and oxygen atoms in total. The van der Waals surface area contributed by atoms with Gasteiger partial charge in [-0.25, -0.2) is 15.0 Å². The molecule has 39 heavy (non-hydrogen) atoms. The van der Waals surface area contributed by atoms with E-state index in [1.54, 1.807) is 46.1 Å². The summed E-state index contributed by atoms with van der Waals surface area (Å²) < 4.78 is 47.9. The van der Waals surface area contributed by atoms with Crippen LogP contribution in [0, 0.1) is 6.92 Å². The molecule has 1 saturated heterocycles. The van der Waals surface area contributed by atoms with Gasteiger partial charge < -0.3 is 26.0 Å². The molecule has 0 radical (unpaired) electrons. The lowest BCUT2D eigenvalue weighted by Gasteiger charge is -2.29. The third-order valence-electron chi connectivity index (χ3n) is 6.19. The zero-order chi connectivity index (χ0) is 27.6. The number of alkyl halides is 3. The minimum atomic E-state index is -4.60. The molecule has 13 heteroatoms. The van der Waals surface area contributed by atoms with Gasteiger partial charge >= 0.3 is 6.18 Å². The number of carbonyl (C=O) groups is 1. The SMILES string of the molecule is Cc1ccc(NC(=O)c2cc(N3CCOCC3)cc(C(F)(F)F)c2)cc1Nc1nccn1-c1cc(N)ncn1. The van der Waals surface area contributed by atoms with Gasteiger partial charge in [0, 0.05) is 54.2 Å². The van der Waals surface area contributed by atoms with E-state index in [4.69, 9.17) is 10.5 Å². The van der Waals surface area contributed by atoms with Crippen molar-refractivity contribution in [2.45, 2.75) is 13.1 Å². The van der Waals surface area contributed by atoms with E-state index in [0.717, 1.165) is 17.7 Å². The van der Waals surface area contributed by atoms with Gasteiger partial charge in [0.1, 0.15) is 18.0 Å². The number of anilines is 5. The quantitative estimate of drug-likeness (QED) is 0.330. The first-order valence-electron chi connectivity index (χ1n) is 12.0. The molecule has 1 fully saturated rings. The van der Waals surface area contributed by atoms with Crippen LogP contribution in [0.25, 0.3) is 5.82 Å². The number of halogens is 3. The van der Waals surface area contributed by atoms with E-state index in [2.05, 4.69) is 25.6 Å². The van der Waals surface area contributed by atoms with Crippen LogP contribution in [0.4, 0.5) is 42.0 Å². The molecule has 1 aliphatic heterocycles. The van der Waals surface area contributed by atoms with Crippen molar-refractivity contribution < 1.29 is 22.7 Å². The number of aromatic nitrogens is 4. The standard InChI is InChI=1S/C26H25F3N8O2/c1-16-2-3-19(13-21(16)35-25-31-4-5-37(25)23-14-22(30)32-15-33-23)34-24(38)17-10-18(26(27,28)29)12-20(11-17)36-6-8-39-9-7-36/h2-5,10-15H,6-9H2,1H3,(H,31,35)(H,34,38)(H2,30,32,33). The van der Waals surface area contributed by atoms with Gasteiger partial charge in [-0.3, -0.25) is 9.36 Å². The number of morpholine rings is 1. The summed E-state index contributed by atoms with van der Waals surface area (Å²) in [5.74, 6) is 0.577. The molecule has 2 aromatic carbocycles. The molecule has 0 saturated carbocycles. The molecule has 5 rings (SSSR count). The highest BCUT2D eigenvalue weighted by molar-refractivity contribution is 6.05. The maximum atomic E-state index is 13.7. The van der Waals surface area contributed by atoms with Gasteiger partial charge in [0.15, 0.2) is 0 Å². The highest BCUT2D eigenvalue weighted by Gasteiger charge is 2.32. The van der Waals surface area contributed by atoms with Crippen LogP contribution < -0.4 is 21.3 Å². The first-order valence-corrected chi connectivity index (χ1v) is 12.0. The number of nitrogens with two attached hydrogens (primary N) is 1. The van der Waals surface area contributed by atoms with Crippen molar-refractivity contribution in [3.05, 3.63) is 77.9 Å². The number of hydrogen-bond acceptors (Lipinski definition) is 8. The molecule has 4 N–H and O–H groups in total.